The maximum Gasteiger partial charge on any atom is 0.143 e. The van der Waals surface area contributed by atoms with E-state index in [-0.39, 0.29) is 0 Å². The summed E-state index contributed by atoms with van der Waals surface area (Å²) in [6.45, 7) is 0. The Morgan fingerprint density at radius 3 is 1.58 bits per heavy atom. The van der Waals surface area contributed by atoms with Crippen molar-refractivity contribution in [3.8, 4) is 44.5 Å². The number of hydrogen-bond acceptors (Lipinski definition) is 2. The summed E-state index contributed by atoms with van der Waals surface area (Å²) in [4.78, 5) is 2.43. The Hall–Kier alpha value is -8.20. The Balaban J connectivity index is 1.09. The molecule has 12 rings (SSSR count). The van der Waals surface area contributed by atoms with Crippen molar-refractivity contribution < 1.29 is 4.42 Å². The van der Waals surface area contributed by atoms with Gasteiger partial charge in [0, 0.05) is 33.1 Å². The van der Waals surface area contributed by atoms with Crippen LogP contribution in [0.25, 0.3) is 98.8 Å². The van der Waals surface area contributed by atoms with Crippen LogP contribution in [-0.4, -0.2) is 0 Å². The van der Waals surface area contributed by atoms with E-state index < -0.39 is 0 Å². The van der Waals surface area contributed by atoms with Crippen LogP contribution in [-0.2, 0) is 0 Å². The van der Waals surface area contributed by atoms with Gasteiger partial charge in [0.1, 0.15) is 11.2 Å². The fourth-order valence-corrected chi connectivity index (χ4v) is 9.67. The first kappa shape index (κ1) is 35.7. The van der Waals surface area contributed by atoms with E-state index in [1.807, 2.05) is 0 Å². The molecule has 0 aliphatic rings. The average molecular weight is 790 g/mol. The summed E-state index contributed by atoms with van der Waals surface area (Å²) in [6, 6.07) is 85.5. The second-order valence-electron chi connectivity index (χ2n) is 16.0. The zero-order valence-corrected chi connectivity index (χ0v) is 33.9. The lowest BCUT2D eigenvalue weighted by Crippen LogP contribution is -2.11. The smallest absolute Gasteiger partial charge is 0.143 e. The minimum absolute atomic E-state index is 0.893. The van der Waals surface area contributed by atoms with Gasteiger partial charge in [-0.25, -0.2) is 0 Å². The summed E-state index contributed by atoms with van der Waals surface area (Å²) in [5.74, 6) is 0. The number of anilines is 3. The van der Waals surface area contributed by atoms with Gasteiger partial charge in [0.25, 0.3) is 0 Å². The summed E-state index contributed by atoms with van der Waals surface area (Å²) in [6.07, 6.45) is 0. The van der Waals surface area contributed by atoms with Gasteiger partial charge < -0.3 is 9.32 Å². The number of hydrogen-bond donors (Lipinski definition) is 0. The van der Waals surface area contributed by atoms with Crippen molar-refractivity contribution in [3.05, 3.63) is 237 Å². The van der Waals surface area contributed by atoms with Crippen LogP contribution >= 0.6 is 0 Å². The van der Waals surface area contributed by atoms with Crippen LogP contribution in [0.1, 0.15) is 0 Å². The normalized spacial score (nSPS) is 11.5. The number of nitrogens with zero attached hydrogens (tertiary/aromatic N) is 1. The summed E-state index contributed by atoms with van der Waals surface area (Å²) in [5.41, 5.74) is 14.5. The molecule has 2 heteroatoms. The molecule has 11 aromatic carbocycles. The molecule has 0 atom stereocenters. The molecule has 0 saturated heterocycles. The van der Waals surface area contributed by atoms with Crippen molar-refractivity contribution >= 4 is 71.3 Å². The molecule has 0 fully saturated rings. The molecule has 62 heavy (non-hydrogen) atoms. The molecule has 0 aliphatic carbocycles. The first-order valence-corrected chi connectivity index (χ1v) is 21.3. The lowest BCUT2D eigenvalue weighted by molar-refractivity contribution is 0.673. The van der Waals surface area contributed by atoms with Gasteiger partial charge in [-0.1, -0.05) is 194 Å². The fourth-order valence-electron chi connectivity index (χ4n) is 9.67. The van der Waals surface area contributed by atoms with E-state index in [1.54, 1.807) is 0 Å². The minimum Gasteiger partial charge on any atom is -0.455 e. The standard InChI is InChI=1S/C60H39NO/c1-4-17-40(18-5-1)47-24-14-15-29-55(47)61(45-34-31-42(32-35-45)48-28-16-30-56-59(48)53-37-33-41-19-10-11-25-49(41)60(53)62-56)46-36-38-51-50-26-12-13-27-52(50)57(43-20-6-2-7-21-43)58(54(51)39-46)44-22-8-3-9-23-44/h1-39H. The molecule has 0 unspecified atom stereocenters. The van der Waals surface area contributed by atoms with Gasteiger partial charge in [0.15, 0.2) is 0 Å². The van der Waals surface area contributed by atoms with Crippen molar-refractivity contribution in [2.24, 2.45) is 0 Å². The molecule has 12 aromatic rings. The number of benzene rings is 11. The monoisotopic (exact) mass is 789 g/mol. The first-order chi connectivity index (χ1) is 30.8. The first-order valence-electron chi connectivity index (χ1n) is 21.3. The molecule has 1 heterocycles. The van der Waals surface area contributed by atoms with E-state index >= 15 is 0 Å². The Morgan fingerprint density at radius 1 is 0.306 bits per heavy atom. The molecule has 0 radical (unpaired) electrons. The van der Waals surface area contributed by atoms with Crippen molar-refractivity contribution in [1.82, 2.24) is 0 Å². The molecule has 0 spiro atoms. The highest BCUT2D eigenvalue weighted by atomic mass is 16.3. The average Bonchev–Trinajstić information content (AvgIpc) is 3.75. The summed E-state index contributed by atoms with van der Waals surface area (Å²) in [7, 11) is 0. The SMILES string of the molecule is c1ccc(-c2ccccc2N(c2ccc(-c3cccc4oc5c6ccccc6ccc5c34)cc2)c2ccc3c(c2)c(-c2ccccc2)c(-c2ccccc2)c2ccccc23)cc1. The molecule has 0 bridgehead atoms. The van der Waals surface area contributed by atoms with E-state index in [0.717, 1.165) is 61.1 Å². The number of furan rings is 1. The van der Waals surface area contributed by atoms with Crippen LogP contribution in [0.3, 0.4) is 0 Å². The van der Waals surface area contributed by atoms with Gasteiger partial charge >= 0.3 is 0 Å². The zero-order chi connectivity index (χ0) is 41.0. The highest BCUT2D eigenvalue weighted by Crippen LogP contribution is 2.48. The van der Waals surface area contributed by atoms with Crippen molar-refractivity contribution in [2.75, 3.05) is 4.90 Å². The third-order valence-electron chi connectivity index (χ3n) is 12.4. The molecule has 0 amide bonds. The van der Waals surface area contributed by atoms with Gasteiger partial charge in [-0.05, 0) is 108 Å². The number of fused-ring (bicyclic) bond motifs is 8. The quantitative estimate of drug-likeness (QED) is 0.150. The lowest BCUT2D eigenvalue weighted by Gasteiger charge is -2.29. The van der Waals surface area contributed by atoms with E-state index in [0.29, 0.717) is 0 Å². The van der Waals surface area contributed by atoms with Crippen LogP contribution in [0.15, 0.2) is 241 Å². The maximum absolute atomic E-state index is 6.59. The predicted molar refractivity (Wildman–Crippen MR) is 263 cm³/mol. The number of para-hydroxylation sites is 1. The van der Waals surface area contributed by atoms with Crippen molar-refractivity contribution in [3.63, 3.8) is 0 Å². The van der Waals surface area contributed by atoms with E-state index in [1.165, 1.54) is 54.7 Å². The second kappa shape index (κ2) is 14.8. The largest absolute Gasteiger partial charge is 0.455 e. The molecule has 0 N–H and O–H groups in total. The van der Waals surface area contributed by atoms with E-state index in [2.05, 4.69) is 241 Å². The van der Waals surface area contributed by atoms with E-state index in [9.17, 15) is 0 Å². The van der Waals surface area contributed by atoms with Gasteiger partial charge in [-0.2, -0.15) is 0 Å². The van der Waals surface area contributed by atoms with Crippen molar-refractivity contribution in [1.29, 1.82) is 0 Å². The summed E-state index contributed by atoms with van der Waals surface area (Å²) in [5, 5.41) is 9.48. The molecular weight excluding hydrogens is 751 g/mol. The highest BCUT2D eigenvalue weighted by molar-refractivity contribution is 6.22. The zero-order valence-electron chi connectivity index (χ0n) is 33.9. The Labute approximate surface area is 360 Å². The van der Waals surface area contributed by atoms with Crippen LogP contribution in [0.2, 0.25) is 0 Å². The van der Waals surface area contributed by atoms with Crippen LogP contribution in [0.4, 0.5) is 17.1 Å². The van der Waals surface area contributed by atoms with Gasteiger partial charge in [-0.15, -0.1) is 0 Å². The molecule has 2 nitrogen and oxygen atoms in total. The number of rotatable bonds is 7. The molecule has 0 aliphatic heterocycles. The summed E-state index contributed by atoms with van der Waals surface area (Å²) >= 11 is 0. The fraction of sp³-hybridized carbons (Fsp3) is 0. The highest BCUT2D eigenvalue weighted by Gasteiger charge is 2.22. The predicted octanol–water partition coefficient (Wildman–Crippen LogP) is 17.2. The molecular formula is C60H39NO. The Morgan fingerprint density at radius 2 is 0.839 bits per heavy atom. The molecule has 290 valence electrons. The lowest BCUT2D eigenvalue weighted by atomic mass is 9.85. The van der Waals surface area contributed by atoms with Crippen molar-refractivity contribution in [2.45, 2.75) is 0 Å². The minimum atomic E-state index is 0.893. The van der Waals surface area contributed by atoms with Crippen LogP contribution in [0, 0.1) is 0 Å². The van der Waals surface area contributed by atoms with Crippen LogP contribution in [0.5, 0.6) is 0 Å². The second-order valence-corrected chi connectivity index (χ2v) is 16.0. The Kier molecular flexibility index (Phi) is 8.53. The van der Waals surface area contributed by atoms with E-state index in [4.69, 9.17) is 4.42 Å². The van der Waals surface area contributed by atoms with Crippen LogP contribution < -0.4 is 4.90 Å². The van der Waals surface area contributed by atoms with Gasteiger partial charge in [-0.3, -0.25) is 0 Å². The summed E-state index contributed by atoms with van der Waals surface area (Å²) < 4.78 is 6.59. The third-order valence-corrected chi connectivity index (χ3v) is 12.4. The third kappa shape index (κ3) is 5.88. The Bertz CT molecular complexity index is 3610. The maximum atomic E-state index is 6.59. The topological polar surface area (TPSA) is 16.4 Å². The molecule has 1 aromatic heterocycles. The van der Waals surface area contributed by atoms with Gasteiger partial charge in [0.05, 0.1) is 5.69 Å². The van der Waals surface area contributed by atoms with Gasteiger partial charge in [0.2, 0.25) is 0 Å². The molecule has 0 saturated carbocycles.